The van der Waals surface area contributed by atoms with Gasteiger partial charge in [-0.3, -0.25) is 9.69 Å². The molecule has 1 amide bonds. The SMILES string of the molecule is O=C(NCc1ccc2c(c1)OCCCO2)[C@H]1CCCN(Cc2ccco2)C1. The Morgan fingerprint density at radius 2 is 2.04 bits per heavy atom. The number of furan rings is 1. The summed E-state index contributed by atoms with van der Waals surface area (Å²) in [4.78, 5) is 14.9. The number of nitrogens with zero attached hydrogens (tertiary/aromatic N) is 1. The smallest absolute Gasteiger partial charge is 0.224 e. The number of carbonyl (C=O) groups is 1. The van der Waals surface area contributed by atoms with Gasteiger partial charge in [-0.2, -0.15) is 0 Å². The lowest BCUT2D eigenvalue weighted by molar-refractivity contribution is -0.127. The Kier molecular flexibility index (Phi) is 5.63. The van der Waals surface area contributed by atoms with Crippen LogP contribution in [0.2, 0.25) is 0 Å². The molecule has 6 heteroatoms. The second-order valence-electron chi connectivity index (χ2n) is 7.20. The van der Waals surface area contributed by atoms with Crippen molar-refractivity contribution >= 4 is 5.91 Å². The molecule has 1 fully saturated rings. The zero-order valence-electron chi connectivity index (χ0n) is 15.5. The minimum atomic E-state index is 0.0223. The molecule has 0 bridgehead atoms. The van der Waals surface area contributed by atoms with Crippen molar-refractivity contribution in [2.45, 2.75) is 32.4 Å². The van der Waals surface area contributed by atoms with Crippen LogP contribution >= 0.6 is 0 Å². The number of hydrogen-bond donors (Lipinski definition) is 1. The Labute approximate surface area is 159 Å². The Morgan fingerprint density at radius 1 is 1.15 bits per heavy atom. The quantitative estimate of drug-likeness (QED) is 0.877. The van der Waals surface area contributed by atoms with E-state index in [0.717, 1.165) is 61.7 Å². The van der Waals surface area contributed by atoms with Crippen molar-refractivity contribution < 1.29 is 18.7 Å². The number of piperidine rings is 1. The molecular formula is C21H26N2O4. The van der Waals surface area contributed by atoms with Crippen LogP contribution in [0.15, 0.2) is 41.0 Å². The standard InChI is InChI=1S/C21H26N2O4/c24-21(17-4-1-8-23(14-17)15-18-5-2-9-25-18)22-13-16-6-7-19-20(12-16)27-11-3-10-26-19/h2,5-7,9,12,17H,1,3-4,8,10-11,13-15H2,(H,22,24)/t17-/m0/s1. The Bertz CT molecular complexity index is 760. The summed E-state index contributed by atoms with van der Waals surface area (Å²) in [6.45, 7) is 4.39. The molecular weight excluding hydrogens is 344 g/mol. The number of ether oxygens (including phenoxy) is 2. The van der Waals surface area contributed by atoms with E-state index in [9.17, 15) is 4.79 Å². The molecule has 1 atom stereocenters. The molecule has 0 spiro atoms. The largest absolute Gasteiger partial charge is 0.490 e. The number of rotatable bonds is 5. The molecule has 1 N–H and O–H groups in total. The minimum Gasteiger partial charge on any atom is -0.490 e. The highest BCUT2D eigenvalue weighted by Gasteiger charge is 2.26. The molecule has 2 aliphatic rings. The van der Waals surface area contributed by atoms with Gasteiger partial charge in [0.05, 0.1) is 31.9 Å². The van der Waals surface area contributed by atoms with Crippen LogP contribution in [0.1, 0.15) is 30.6 Å². The first-order valence-electron chi connectivity index (χ1n) is 9.69. The molecule has 144 valence electrons. The third-order valence-corrected chi connectivity index (χ3v) is 5.11. The predicted octanol–water partition coefficient (Wildman–Crippen LogP) is 2.97. The summed E-state index contributed by atoms with van der Waals surface area (Å²) in [6.07, 6.45) is 4.54. The van der Waals surface area contributed by atoms with Crippen molar-refractivity contribution in [3.05, 3.63) is 47.9 Å². The fraction of sp³-hybridized carbons (Fsp3) is 0.476. The first kappa shape index (κ1) is 17.9. The van der Waals surface area contributed by atoms with E-state index in [0.29, 0.717) is 19.8 Å². The van der Waals surface area contributed by atoms with Gasteiger partial charge in [0, 0.05) is 19.5 Å². The van der Waals surface area contributed by atoms with E-state index in [1.54, 1.807) is 6.26 Å². The Morgan fingerprint density at radius 3 is 2.89 bits per heavy atom. The van der Waals surface area contributed by atoms with Crippen LogP contribution in [0.25, 0.3) is 0 Å². The molecule has 27 heavy (non-hydrogen) atoms. The molecule has 0 aliphatic carbocycles. The predicted molar refractivity (Wildman–Crippen MR) is 101 cm³/mol. The molecule has 2 aromatic rings. The van der Waals surface area contributed by atoms with E-state index in [1.807, 2.05) is 30.3 Å². The molecule has 1 aromatic heterocycles. The lowest BCUT2D eigenvalue weighted by atomic mass is 9.97. The molecule has 1 saturated heterocycles. The Balaban J connectivity index is 1.30. The van der Waals surface area contributed by atoms with E-state index in [2.05, 4.69) is 10.2 Å². The first-order valence-corrected chi connectivity index (χ1v) is 9.69. The van der Waals surface area contributed by atoms with Gasteiger partial charge in [-0.05, 0) is 49.2 Å². The van der Waals surface area contributed by atoms with Gasteiger partial charge in [0.1, 0.15) is 5.76 Å². The number of fused-ring (bicyclic) bond motifs is 1. The molecule has 0 unspecified atom stereocenters. The van der Waals surface area contributed by atoms with Gasteiger partial charge in [-0.15, -0.1) is 0 Å². The van der Waals surface area contributed by atoms with Crippen molar-refractivity contribution in [3.63, 3.8) is 0 Å². The maximum atomic E-state index is 12.6. The fourth-order valence-corrected chi connectivity index (χ4v) is 3.69. The molecule has 1 aromatic carbocycles. The average Bonchev–Trinajstić information content (AvgIpc) is 3.09. The summed E-state index contributed by atoms with van der Waals surface area (Å²) in [5.74, 6) is 2.63. The third-order valence-electron chi connectivity index (χ3n) is 5.11. The van der Waals surface area contributed by atoms with Crippen molar-refractivity contribution in [1.82, 2.24) is 10.2 Å². The molecule has 4 rings (SSSR count). The lowest BCUT2D eigenvalue weighted by Gasteiger charge is -2.31. The maximum Gasteiger partial charge on any atom is 0.224 e. The van der Waals surface area contributed by atoms with Crippen LogP contribution in [0.3, 0.4) is 0 Å². The highest BCUT2D eigenvalue weighted by molar-refractivity contribution is 5.79. The van der Waals surface area contributed by atoms with Gasteiger partial charge >= 0.3 is 0 Å². The highest BCUT2D eigenvalue weighted by atomic mass is 16.5. The average molecular weight is 370 g/mol. The highest BCUT2D eigenvalue weighted by Crippen LogP contribution is 2.30. The third kappa shape index (κ3) is 4.63. The maximum absolute atomic E-state index is 12.6. The first-order chi connectivity index (χ1) is 13.3. The van der Waals surface area contributed by atoms with Crippen LogP contribution in [0, 0.1) is 5.92 Å². The fourth-order valence-electron chi connectivity index (χ4n) is 3.69. The summed E-state index contributed by atoms with van der Waals surface area (Å²) < 4.78 is 16.8. The Hall–Kier alpha value is -2.47. The van der Waals surface area contributed by atoms with Crippen molar-refractivity contribution in [2.24, 2.45) is 5.92 Å². The molecule has 0 saturated carbocycles. The normalized spacial score (nSPS) is 20.1. The zero-order chi connectivity index (χ0) is 18.5. The summed E-state index contributed by atoms with van der Waals surface area (Å²) in [7, 11) is 0. The minimum absolute atomic E-state index is 0.0223. The van der Waals surface area contributed by atoms with Crippen molar-refractivity contribution in [1.29, 1.82) is 0 Å². The van der Waals surface area contributed by atoms with Crippen molar-refractivity contribution in [2.75, 3.05) is 26.3 Å². The molecule has 2 aliphatic heterocycles. The van der Waals surface area contributed by atoms with Crippen LogP contribution < -0.4 is 14.8 Å². The van der Waals surface area contributed by atoms with E-state index in [1.165, 1.54) is 0 Å². The van der Waals surface area contributed by atoms with Crippen LogP contribution in [0.5, 0.6) is 11.5 Å². The van der Waals surface area contributed by atoms with Crippen molar-refractivity contribution in [3.8, 4) is 11.5 Å². The van der Waals surface area contributed by atoms with E-state index in [-0.39, 0.29) is 11.8 Å². The zero-order valence-corrected chi connectivity index (χ0v) is 15.5. The summed E-state index contributed by atoms with van der Waals surface area (Å²) >= 11 is 0. The molecule has 6 nitrogen and oxygen atoms in total. The van der Waals surface area contributed by atoms with E-state index in [4.69, 9.17) is 13.9 Å². The topological polar surface area (TPSA) is 63.9 Å². The van der Waals surface area contributed by atoms with Gasteiger partial charge in [-0.25, -0.2) is 0 Å². The number of hydrogen-bond acceptors (Lipinski definition) is 5. The summed E-state index contributed by atoms with van der Waals surface area (Å²) in [6, 6.07) is 9.75. The van der Waals surface area contributed by atoms with Gasteiger partial charge < -0.3 is 19.2 Å². The van der Waals surface area contributed by atoms with Crippen LogP contribution in [-0.2, 0) is 17.9 Å². The van der Waals surface area contributed by atoms with Crippen LogP contribution in [0.4, 0.5) is 0 Å². The molecule has 0 radical (unpaired) electrons. The van der Waals surface area contributed by atoms with Crippen LogP contribution in [-0.4, -0.2) is 37.1 Å². The van der Waals surface area contributed by atoms with Gasteiger partial charge in [-0.1, -0.05) is 6.07 Å². The van der Waals surface area contributed by atoms with E-state index < -0.39 is 0 Å². The second-order valence-corrected chi connectivity index (χ2v) is 7.20. The molecule has 3 heterocycles. The number of amides is 1. The monoisotopic (exact) mass is 370 g/mol. The van der Waals surface area contributed by atoms with Gasteiger partial charge in [0.15, 0.2) is 11.5 Å². The lowest BCUT2D eigenvalue weighted by Crippen LogP contribution is -2.42. The van der Waals surface area contributed by atoms with Gasteiger partial charge in [0.2, 0.25) is 5.91 Å². The number of benzene rings is 1. The number of nitrogens with one attached hydrogen (secondary N) is 1. The van der Waals surface area contributed by atoms with E-state index >= 15 is 0 Å². The van der Waals surface area contributed by atoms with Gasteiger partial charge in [0.25, 0.3) is 0 Å². The second kappa shape index (κ2) is 8.48. The summed E-state index contributed by atoms with van der Waals surface area (Å²) in [5.41, 5.74) is 1.02. The number of likely N-dealkylation sites (tertiary alicyclic amines) is 1. The summed E-state index contributed by atoms with van der Waals surface area (Å²) in [5, 5.41) is 3.09. The number of carbonyl (C=O) groups excluding carboxylic acids is 1.